The van der Waals surface area contributed by atoms with Crippen molar-refractivity contribution in [3.8, 4) is 0 Å². The topological polar surface area (TPSA) is 174 Å². The number of amides is 1. The number of aromatic nitrogens is 6. The Hall–Kier alpha value is -3.36. The van der Waals surface area contributed by atoms with E-state index >= 15 is 0 Å². The molecule has 14 nitrogen and oxygen atoms in total. The van der Waals surface area contributed by atoms with Crippen LogP contribution in [0.15, 0.2) is 17.1 Å². The van der Waals surface area contributed by atoms with Crippen molar-refractivity contribution in [1.82, 2.24) is 34.6 Å². The number of ether oxygens (including phenoxy) is 2. The van der Waals surface area contributed by atoms with E-state index in [1.807, 2.05) is 0 Å². The number of carbonyl (C=O) groups is 1. The first-order valence-corrected chi connectivity index (χ1v) is 12.2. The molecule has 0 radical (unpaired) electrons. The highest BCUT2D eigenvalue weighted by molar-refractivity contribution is 5.82. The van der Waals surface area contributed by atoms with E-state index in [9.17, 15) is 15.0 Å². The van der Waals surface area contributed by atoms with Gasteiger partial charge in [-0.2, -0.15) is 0 Å². The largest absolute Gasteiger partial charge is 0.450 e. The minimum absolute atomic E-state index is 0.0941. The average molecular weight is 501 g/mol. The van der Waals surface area contributed by atoms with Gasteiger partial charge in [-0.15, -0.1) is 10.2 Å². The first kappa shape index (κ1) is 23.1. The van der Waals surface area contributed by atoms with Crippen LogP contribution in [0.2, 0.25) is 0 Å². The molecular formula is C22H28N8O6. The number of likely N-dealkylation sites (tertiary alicyclic amines) is 1. The molecule has 1 saturated carbocycles. The van der Waals surface area contributed by atoms with E-state index in [1.165, 1.54) is 12.7 Å². The molecule has 0 unspecified atom stereocenters. The van der Waals surface area contributed by atoms with Gasteiger partial charge in [-0.05, 0) is 32.6 Å². The van der Waals surface area contributed by atoms with Crippen LogP contribution in [-0.4, -0.2) is 88.9 Å². The molecular weight excluding hydrogens is 472 g/mol. The molecule has 0 bridgehead atoms. The zero-order valence-electron chi connectivity index (χ0n) is 19.7. The zero-order chi connectivity index (χ0) is 24.8. The second-order valence-corrected chi connectivity index (χ2v) is 9.33. The number of piperidine rings is 1. The summed E-state index contributed by atoms with van der Waals surface area (Å²) in [5.41, 5.74) is 0.949. The highest BCUT2D eigenvalue weighted by atomic mass is 16.6. The Bertz CT molecular complexity index is 1240. The van der Waals surface area contributed by atoms with Crippen molar-refractivity contribution in [1.29, 1.82) is 0 Å². The Kier molecular flexibility index (Phi) is 5.93. The lowest BCUT2D eigenvalue weighted by Crippen LogP contribution is -2.42. The van der Waals surface area contributed by atoms with Gasteiger partial charge < -0.3 is 34.3 Å². The number of nitrogens with one attached hydrogen (secondary N) is 1. The molecule has 3 aliphatic rings. The van der Waals surface area contributed by atoms with Crippen LogP contribution in [0.25, 0.3) is 11.2 Å². The molecule has 1 amide bonds. The van der Waals surface area contributed by atoms with Crippen LogP contribution in [0, 0.1) is 0 Å². The Morgan fingerprint density at radius 3 is 2.64 bits per heavy atom. The predicted octanol–water partition coefficient (Wildman–Crippen LogP) is 1.11. The second-order valence-electron chi connectivity index (χ2n) is 9.33. The van der Waals surface area contributed by atoms with Crippen molar-refractivity contribution in [2.45, 2.75) is 69.1 Å². The van der Waals surface area contributed by atoms with Crippen LogP contribution >= 0.6 is 0 Å². The third kappa shape index (κ3) is 4.14. The fourth-order valence-corrected chi connectivity index (χ4v) is 4.71. The molecule has 36 heavy (non-hydrogen) atoms. The van der Waals surface area contributed by atoms with Crippen LogP contribution in [0.4, 0.5) is 10.6 Å². The highest BCUT2D eigenvalue weighted by Gasteiger charge is 2.48. The second kappa shape index (κ2) is 9.26. The lowest BCUT2D eigenvalue weighted by atomic mass is 10.1. The van der Waals surface area contributed by atoms with Crippen molar-refractivity contribution in [2.24, 2.45) is 0 Å². The maximum Gasteiger partial charge on any atom is 0.409 e. The molecule has 192 valence electrons. The quantitative estimate of drug-likeness (QED) is 0.440. The summed E-state index contributed by atoms with van der Waals surface area (Å²) >= 11 is 0. The number of aliphatic hydroxyl groups is 2. The Morgan fingerprint density at radius 1 is 1.11 bits per heavy atom. The predicted molar refractivity (Wildman–Crippen MR) is 122 cm³/mol. The fourth-order valence-electron chi connectivity index (χ4n) is 4.71. The van der Waals surface area contributed by atoms with Gasteiger partial charge in [-0.25, -0.2) is 19.7 Å². The number of fused-ring (bicyclic) bond motifs is 1. The summed E-state index contributed by atoms with van der Waals surface area (Å²) in [7, 11) is 0. The summed E-state index contributed by atoms with van der Waals surface area (Å²) in [6.45, 7) is 3.31. The van der Waals surface area contributed by atoms with Gasteiger partial charge in [0, 0.05) is 25.0 Å². The third-order valence-corrected chi connectivity index (χ3v) is 6.86. The van der Waals surface area contributed by atoms with Gasteiger partial charge in [0.25, 0.3) is 0 Å². The zero-order valence-corrected chi connectivity index (χ0v) is 19.7. The summed E-state index contributed by atoms with van der Waals surface area (Å²) < 4.78 is 18.3. The van der Waals surface area contributed by atoms with Crippen molar-refractivity contribution in [3.05, 3.63) is 24.4 Å². The van der Waals surface area contributed by atoms with Crippen molar-refractivity contribution >= 4 is 23.1 Å². The molecule has 14 heteroatoms. The molecule has 3 N–H and O–H groups in total. The van der Waals surface area contributed by atoms with Crippen molar-refractivity contribution in [3.63, 3.8) is 0 Å². The number of aliphatic hydroxyl groups excluding tert-OH is 2. The molecule has 5 heterocycles. The molecule has 3 fully saturated rings. The maximum absolute atomic E-state index is 12.0. The number of nitrogens with zero attached hydrogens (tertiary/aromatic N) is 7. The summed E-state index contributed by atoms with van der Waals surface area (Å²) in [6, 6.07) is 0.0941. The summed E-state index contributed by atoms with van der Waals surface area (Å²) in [5, 5.41) is 32.9. The van der Waals surface area contributed by atoms with E-state index in [0.717, 1.165) is 25.7 Å². The van der Waals surface area contributed by atoms with E-state index in [0.29, 0.717) is 42.6 Å². The number of imidazole rings is 1. The van der Waals surface area contributed by atoms with E-state index in [-0.39, 0.29) is 23.9 Å². The Labute approximate surface area is 205 Å². The van der Waals surface area contributed by atoms with Crippen LogP contribution in [0.5, 0.6) is 0 Å². The minimum Gasteiger partial charge on any atom is -0.450 e. The van der Waals surface area contributed by atoms with E-state index < -0.39 is 24.5 Å². The fraction of sp³-hybridized carbons (Fsp3) is 0.636. The van der Waals surface area contributed by atoms with Crippen molar-refractivity contribution in [2.75, 3.05) is 25.0 Å². The lowest BCUT2D eigenvalue weighted by molar-refractivity contribution is -0.0439. The molecule has 0 spiro atoms. The molecule has 0 aromatic carbocycles. The van der Waals surface area contributed by atoms with Gasteiger partial charge in [-0.3, -0.25) is 4.57 Å². The van der Waals surface area contributed by atoms with Crippen molar-refractivity contribution < 1.29 is 28.9 Å². The average Bonchev–Trinajstić information content (AvgIpc) is 3.34. The molecule has 4 atom stereocenters. The first-order chi connectivity index (χ1) is 17.5. The van der Waals surface area contributed by atoms with Gasteiger partial charge in [0.2, 0.25) is 11.8 Å². The number of carbonyl (C=O) groups excluding carboxylic acids is 1. The number of hydrogen-bond donors (Lipinski definition) is 3. The Morgan fingerprint density at radius 2 is 1.89 bits per heavy atom. The minimum atomic E-state index is -1.26. The third-order valence-electron chi connectivity index (χ3n) is 6.86. The number of hydrogen-bond acceptors (Lipinski definition) is 12. The standard InChI is InChI=1S/C22H28N8O6/c1-2-34-22(33)29-7-5-12(6-8-29)26-17-13-18(24-9-23-17)30(10-25-13)21-15(32)14(31)16(35-21)20-28-27-19(36-20)11-3-4-11/h9-12,14-16,21,31-32H,2-8H2,1H3,(H,23,24,26)/t14-,15+,16-,21+/m0/s1. The molecule has 2 saturated heterocycles. The van der Waals surface area contributed by atoms with Gasteiger partial charge in [0.05, 0.1) is 12.9 Å². The SMILES string of the molecule is CCOC(=O)N1CCC(Nc2ncnc3c2ncn3[C@@H]2O[C@H](c3nnc(C4CC4)o3)[C@@H](O)[C@H]2O)CC1. The first-order valence-electron chi connectivity index (χ1n) is 12.2. The van der Waals surface area contributed by atoms with Crippen LogP contribution in [0.3, 0.4) is 0 Å². The van der Waals surface area contributed by atoms with Gasteiger partial charge >= 0.3 is 6.09 Å². The Balaban J connectivity index is 1.17. The number of anilines is 1. The smallest absolute Gasteiger partial charge is 0.409 e. The normalized spacial score (nSPS) is 27.0. The van der Waals surface area contributed by atoms with Crippen LogP contribution in [-0.2, 0) is 9.47 Å². The monoisotopic (exact) mass is 500 g/mol. The highest BCUT2D eigenvalue weighted by Crippen LogP contribution is 2.43. The van der Waals surface area contributed by atoms with E-state index in [1.54, 1.807) is 16.4 Å². The summed E-state index contributed by atoms with van der Waals surface area (Å²) in [6.07, 6.45) is 1.64. The van der Waals surface area contributed by atoms with Crippen LogP contribution < -0.4 is 5.32 Å². The van der Waals surface area contributed by atoms with E-state index in [2.05, 4.69) is 30.5 Å². The lowest BCUT2D eigenvalue weighted by Gasteiger charge is -2.31. The molecule has 6 rings (SSSR count). The van der Waals surface area contributed by atoms with Gasteiger partial charge in [-0.1, -0.05) is 0 Å². The molecule has 2 aliphatic heterocycles. The van der Waals surface area contributed by atoms with Gasteiger partial charge in [0.15, 0.2) is 29.3 Å². The van der Waals surface area contributed by atoms with Crippen LogP contribution in [0.1, 0.15) is 62.6 Å². The maximum atomic E-state index is 12.0. The molecule has 1 aliphatic carbocycles. The van der Waals surface area contributed by atoms with Gasteiger partial charge in [0.1, 0.15) is 18.5 Å². The molecule has 3 aromatic heterocycles. The summed E-state index contributed by atoms with van der Waals surface area (Å²) in [5.74, 6) is 1.48. The molecule has 3 aromatic rings. The summed E-state index contributed by atoms with van der Waals surface area (Å²) in [4.78, 5) is 26.8. The van der Waals surface area contributed by atoms with E-state index in [4.69, 9.17) is 13.9 Å². The number of rotatable bonds is 6.